The molecule has 5 rings (SSSR count). The van der Waals surface area contributed by atoms with Crippen molar-refractivity contribution >= 4 is 28.9 Å². The third-order valence-electron chi connectivity index (χ3n) is 5.98. The smallest absolute Gasteiger partial charge is 0.226 e. The van der Waals surface area contributed by atoms with Gasteiger partial charge in [-0.15, -0.1) is 0 Å². The summed E-state index contributed by atoms with van der Waals surface area (Å²) in [5, 5.41) is 6.79. The van der Waals surface area contributed by atoms with Gasteiger partial charge in [0.25, 0.3) is 0 Å². The van der Waals surface area contributed by atoms with Gasteiger partial charge in [-0.2, -0.15) is 0 Å². The van der Waals surface area contributed by atoms with Crippen molar-refractivity contribution in [3.63, 3.8) is 0 Å². The van der Waals surface area contributed by atoms with Crippen LogP contribution in [-0.2, 0) is 11.3 Å². The highest BCUT2D eigenvalue weighted by Crippen LogP contribution is 2.39. The molecule has 3 aromatic heterocycles. The lowest BCUT2D eigenvalue weighted by Gasteiger charge is -2.28. The molecular formula is C26H24FN5O2S. The number of halogens is 1. The van der Waals surface area contributed by atoms with Crippen molar-refractivity contribution in [2.45, 2.75) is 25.0 Å². The number of thiocarbonyl (C=S) groups is 1. The minimum atomic E-state index is -0.350. The quantitative estimate of drug-likeness (QED) is 0.351. The monoisotopic (exact) mass is 489 g/mol. The summed E-state index contributed by atoms with van der Waals surface area (Å²) in [6, 6.07) is 19.0. The first-order chi connectivity index (χ1) is 17.1. The molecule has 35 heavy (non-hydrogen) atoms. The summed E-state index contributed by atoms with van der Waals surface area (Å²) in [6.45, 7) is 0.977. The van der Waals surface area contributed by atoms with E-state index >= 15 is 0 Å². The number of hydrogen-bond donors (Lipinski definition) is 2. The third kappa shape index (κ3) is 5.09. The van der Waals surface area contributed by atoms with E-state index in [-0.39, 0.29) is 30.2 Å². The highest BCUT2D eigenvalue weighted by atomic mass is 32.1. The molecule has 1 amide bonds. The normalized spacial score (nSPS) is 17.4. The number of nitrogens with one attached hydrogen (secondary N) is 2. The number of anilines is 1. The van der Waals surface area contributed by atoms with Crippen LogP contribution in [0.5, 0.6) is 0 Å². The predicted octanol–water partition coefficient (Wildman–Crippen LogP) is 4.66. The first kappa shape index (κ1) is 22.8. The summed E-state index contributed by atoms with van der Waals surface area (Å²) in [5.74, 6) is 0.318. The molecule has 1 aliphatic rings. The summed E-state index contributed by atoms with van der Waals surface area (Å²) >= 11 is 5.71. The van der Waals surface area contributed by atoms with Gasteiger partial charge in [0.1, 0.15) is 11.6 Å². The van der Waals surface area contributed by atoms with E-state index in [9.17, 15) is 9.18 Å². The van der Waals surface area contributed by atoms with Crippen LogP contribution < -0.4 is 10.6 Å². The van der Waals surface area contributed by atoms with Crippen molar-refractivity contribution in [2.75, 3.05) is 11.9 Å². The molecule has 0 radical (unpaired) electrons. The number of hydrogen-bond acceptors (Lipinski definition) is 4. The second kappa shape index (κ2) is 10.1. The summed E-state index contributed by atoms with van der Waals surface area (Å²) in [7, 11) is 0. The molecular weight excluding hydrogens is 465 g/mol. The zero-order valence-electron chi connectivity index (χ0n) is 18.8. The Morgan fingerprint density at radius 2 is 1.97 bits per heavy atom. The van der Waals surface area contributed by atoms with Gasteiger partial charge in [0.15, 0.2) is 5.11 Å². The van der Waals surface area contributed by atoms with Crippen LogP contribution in [0, 0.1) is 5.82 Å². The first-order valence-corrected chi connectivity index (χ1v) is 11.7. The van der Waals surface area contributed by atoms with Crippen LogP contribution >= 0.6 is 12.2 Å². The Balaban J connectivity index is 1.39. The van der Waals surface area contributed by atoms with Gasteiger partial charge < -0.3 is 24.5 Å². The van der Waals surface area contributed by atoms with Crippen LogP contribution in [0.1, 0.15) is 35.7 Å². The zero-order chi connectivity index (χ0) is 24.2. The van der Waals surface area contributed by atoms with Gasteiger partial charge in [0, 0.05) is 36.7 Å². The van der Waals surface area contributed by atoms with Gasteiger partial charge in [0.2, 0.25) is 5.91 Å². The van der Waals surface area contributed by atoms with E-state index in [4.69, 9.17) is 16.6 Å². The molecule has 1 fully saturated rings. The van der Waals surface area contributed by atoms with Crippen LogP contribution in [-0.4, -0.2) is 32.0 Å². The van der Waals surface area contributed by atoms with Crippen molar-refractivity contribution in [1.29, 1.82) is 0 Å². The summed E-state index contributed by atoms with van der Waals surface area (Å²) in [4.78, 5) is 19.3. The Bertz CT molecular complexity index is 1290. The molecule has 7 nitrogen and oxygen atoms in total. The molecule has 0 unspecified atom stereocenters. The van der Waals surface area contributed by atoms with Crippen LogP contribution in [0.25, 0.3) is 0 Å². The van der Waals surface area contributed by atoms with Gasteiger partial charge >= 0.3 is 0 Å². The number of rotatable bonds is 8. The van der Waals surface area contributed by atoms with Gasteiger partial charge in [0.05, 0.1) is 30.6 Å². The minimum absolute atomic E-state index is 0.176. The van der Waals surface area contributed by atoms with Crippen LogP contribution in [0.2, 0.25) is 0 Å². The van der Waals surface area contributed by atoms with E-state index in [1.165, 1.54) is 24.3 Å². The average molecular weight is 490 g/mol. The van der Waals surface area contributed by atoms with Crippen molar-refractivity contribution in [3.05, 3.63) is 108 Å². The van der Waals surface area contributed by atoms with E-state index in [2.05, 4.69) is 26.3 Å². The Morgan fingerprint density at radius 3 is 2.71 bits per heavy atom. The van der Waals surface area contributed by atoms with Crippen molar-refractivity contribution < 1.29 is 13.6 Å². The number of pyridine rings is 1. The minimum Gasteiger partial charge on any atom is -0.467 e. The van der Waals surface area contributed by atoms with Crippen molar-refractivity contribution in [1.82, 2.24) is 19.8 Å². The fraction of sp³-hybridized carbons (Fsp3) is 0.192. The van der Waals surface area contributed by atoms with E-state index in [1.807, 2.05) is 47.5 Å². The largest absolute Gasteiger partial charge is 0.467 e. The van der Waals surface area contributed by atoms with Crippen LogP contribution in [0.4, 0.5) is 10.1 Å². The molecule has 1 saturated heterocycles. The maximum absolute atomic E-state index is 13.2. The van der Waals surface area contributed by atoms with E-state index < -0.39 is 0 Å². The number of aromatic nitrogens is 2. The molecule has 0 aliphatic carbocycles. The highest BCUT2D eigenvalue weighted by molar-refractivity contribution is 7.80. The molecule has 2 atom stereocenters. The van der Waals surface area contributed by atoms with Crippen molar-refractivity contribution in [2.24, 2.45) is 0 Å². The highest BCUT2D eigenvalue weighted by Gasteiger charge is 2.41. The Labute approximate surface area is 207 Å². The predicted molar refractivity (Wildman–Crippen MR) is 134 cm³/mol. The SMILES string of the molecule is O=C(CCN1C(=S)N[C@@H](c2ccccn2)[C@@H]1c1cccn1Cc1ccco1)Nc1ccc(F)cc1. The lowest BCUT2D eigenvalue weighted by molar-refractivity contribution is -0.116. The number of carbonyl (C=O) groups excluding carboxylic acids is 1. The van der Waals surface area contributed by atoms with Crippen LogP contribution in [0.3, 0.4) is 0 Å². The van der Waals surface area contributed by atoms with E-state index in [0.717, 1.165) is 17.1 Å². The maximum Gasteiger partial charge on any atom is 0.226 e. The first-order valence-electron chi connectivity index (χ1n) is 11.3. The molecule has 9 heteroatoms. The van der Waals surface area contributed by atoms with Crippen molar-refractivity contribution in [3.8, 4) is 0 Å². The fourth-order valence-corrected chi connectivity index (χ4v) is 4.69. The average Bonchev–Trinajstić information content (AvgIpc) is 3.61. The molecule has 178 valence electrons. The second-order valence-electron chi connectivity index (χ2n) is 8.27. The number of amides is 1. The van der Waals surface area contributed by atoms with Gasteiger partial charge in [-0.25, -0.2) is 4.39 Å². The van der Waals surface area contributed by atoms with Gasteiger partial charge in [-0.1, -0.05) is 6.07 Å². The third-order valence-corrected chi connectivity index (χ3v) is 6.33. The molecule has 1 aliphatic heterocycles. The fourth-order valence-electron chi connectivity index (χ4n) is 4.36. The molecule has 0 bridgehead atoms. The summed E-state index contributed by atoms with van der Waals surface area (Å²) in [5.41, 5.74) is 2.45. The lowest BCUT2D eigenvalue weighted by atomic mass is 10.0. The zero-order valence-corrected chi connectivity index (χ0v) is 19.6. The molecule has 2 N–H and O–H groups in total. The summed E-state index contributed by atoms with van der Waals surface area (Å²) < 4.78 is 20.9. The number of nitrogens with zero attached hydrogens (tertiary/aromatic N) is 3. The molecule has 4 aromatic rings. The van der Waals surface area contributed by atoms with E-state index in [0.29, 0.717) is 23.9 Å². The number of furan rings is 1. The van der Waals surface area contributed by atoms with Gasteiger partial charge in [-0.3, -0.25) is 9.78 Å². The number of carbonyl (C=O) groups is 1. The Hall–Kier alpha value is -3.98. The maximum atomic E-state index is 13.2. The lowest BCUT2D eigenvalue weighted by Crippen LogP contribution is -2.33. The Morgan fingerprint density at radius 1 is 1.11 bits per heavy atom. The molecule has 4 heterocycles. The van der Waals surface area contributed by atoms with E-state index in [1.54, 1.807) is 12.5 Å². The number of benzene rings is 1. The second-order valence-corrected chi connectivity index (χ2v) is 8.65. The van der Waals surface area contributed by atoms with Gasteiger partial charge in [-0.05, 0) is 72.9 Å². The van der Waals surface area contributed by atoms with Crippen LogP contribution in [0.15, 0.2) is 89.8 Å². The Kier molecular flexibility index (Phi) is 6.58. The topological polar surface area (TPSA) is 75.3 Å². The molecule has 0 spiro atoms. The standard InChI is InChI=1S/C26H24FN5O2S/c27-18-8-10-19(11-9-18)29-23(33)12-15-32-25(24(30-26(32)35)21-6-1-2-13-28-21)22-7-3-14-31(22)17-20-5-4-16-34-20/h1-11,13-14,16,24-25H,12,15,17H2,(H,29,33)(H,30,35)/t24-,25-/m0/s1. The summed E-state index contributed by atoms with van der Waals surface area (Å²) in [6.07, 6.45) is 5.64. The molecule has 1 aromatic carbocycles. The molecule has 0 saturated carbocycles.